The van der Waals surface area contributed by atoms with Crippen molar-refractivity contribution in [1.29, 1.82) is 0 Å². The number of carbonyl (C=O) groups is 1. The molecule has 2 aliphatic carbocycles. The second-order valence-corrected chi connectivity index (χ2v) is 11.9. The van der Waals surface area contributed by atoms with Crippen LogP contribution in [0.5, 0.6) is 0 Å². The normalized spacial score (nSPS) is 19.5. The van der Waals surface area contributed by atoms with Gasteiger partial charge in [0.15, 0.2) is 0 Å². The number of hydrogen-bond donors (Lipinski definition) is 2. The lowest BCUT2D eigenvalue weighted by atomic mass is 10.0. The van der Waals surface area contributed by atoms with Crippen molar-refractivity contribution in [2.24, 2.45) is 4.99 Å². The Morgan fingerprint density at radius 3 is 2.77 bits per heavy atom. The van der Waals surface area contributed by atoms with Gasteiger partial charge < -0.3 is 10.6 Å². The minimum absolute atomic E-state index is 0.0662. The van der Waals surface area contributed by atoms with E-state index in [4.69, 9.17) is 23.2 Å². The van der Waals surface area contributed by atoms with Crippen LogP contribution in [-0.2, 0) is 4.79 Å². The molecule has 1 amide bonds. The van der Waals surface area contributed by atoms with Crippen LogP contribution in [0, 0.1) is 0 Å². The van der Waals surface area contributed by atoms with Crippen LogP contribution in [-0.4, -0.2) is 66.5 Å². The molecule has 1 fully saturated rings. The zero-order valence-electron chi connectivity index (χ0n) is 22.9. The quantitative estimate of drug-likeness (QED) is 0.135. The third kappa shape index (κ3) is 11.4. The number of hydrogen-bond acceptors (Lipinski definition) is 6. The monoisotopic (exact) mass is 606 g/mol. The summed E-state index contributed by atoms with van der Waals surface area (Å²) in [6, 6.07) is 0.226. The molecule has 0 aromatic heterocycles. The Morgan fingerprint density at radius 1 is 1.21 bits per heavy atom. The smallest absolute Gasteiger partial charge is 0.230 e. The van der Waals surface area contributed by atoms with E-state index in [1.54, 1.807) is 17.3 Å². The number of allylic oxidation sites excluding steroid dienone is 10. The maximum Gasteiger partial charge on any atom is 0.230 e. The third-order valence-electron chi connectivity index (χ3n) is 6.64. The Labute approximate surface area is 252 Å². The van der Waals surface area contributed by atoms with Crippen LogP contribution in [0.25, 0.3) is 0 Å². The van der Waals surface area contributed by atoms with Gasteiger partial charge in [0.25, 0.3) is 0 Å². The van der Waals surface area contributed by atoms with Gasteiger partial charge in [-0.1, -0.05) is 54.5 Å². The van der Waals surface area contributed by atoms with Gasteiger partial charge in [-0.05, 0) is 67.1 Å². The number of alkyl halides is 1. The van der Waals surface area contributed by atoms with Crippen LogP contribution in [0.4, 0.5) is 0 Å². The van der Waals surface area contributed by atoms with E-state index in [1.807, 2.05) is 12.3 Å². The Balaban J connectivity index is 1.38. The number of thioether (sulfide) groups is 2. The van der Waals surface area contributed by atoms with Crippen LogP contribution in [0.3, 0.4) is 0 Å². The van der Waals surface area contributed by atoms with Crippen molar-refractivity contribution in [2.45, 2.75) is 45.1 Å². The molecule has 0 aromatic carbocycles. The molecule has 2 N–H and O–H groups in total. The van der Waals surface area contributed by atoms with Gasteiger partial charge in [0.05, 0.1) is 17.0 Å². The molecule has 0 atom stereocenters. The zero-order valence-corrected chi connectivity index (χ0v) is 26.1. The predicted octanol–water partition coefficient (Wildman–Crippen LogP) is 6.92. The van der Waals surface area contributed by atoms with E-state index in [0.717, 1.165) is 85.9 Å². The van der Waals surface area contributed by atoms with Crippen LogP contribution >= 0.6 is 46.7 Å². The van der Waals surface area contributed by atoms with Gasteiger partial charge in [0.1, 0.15) is 0 Å². The molecule has 1 aliphatic heterocycles. The molecule has 1 saturated heterocycles. The van der Waals surface area contributed by atoms with Crippen molar-refractivity contribution in [3.8, 4) is 0 Å². The number of nitrogens with one attached hydrogen (secondary N) is 2. The Kier molecular flexibility index (Phi) is 14.7. The maximum atomic E-state index is 12.6. The molecule has 9 heteroatoms. The first-order chi connectivity index (χ1) is 19.0. The van der Waals surface area contributed by atoms with E-state index < -0.39 is 0 Å². The summed E-state index contributed by atoms with van der Waals surface area (Å²) in [7, 11) is 0. The van der Waals surface area contributed by atoms with Crippen molar-refractivity contribution in [2.75, 3.05) is 44.1 Å². The van der Waals surface area contributed by atoms with Gasteiger partial charge >= 0.3 is 0 Å². The maximum absolute atomic E-state index is 12.6. The van der Waals surface area contributed by atoms with E-state index in [0.29, 0.717) is 11.6 Å². The standard InChI is InChI=1S/C30H40Cl2N4OS2/c1-3-15-33-26-6-4-5-24(10-11-26)29(20-38-2)34-22-39-21-30(37)35-27-13-16-36(17-14-27)19-23-7-9-25(18-31)28(32)12-8-23/h4-6,8-9,11-12,20,22,27,33H,3,7,10,13-19,21H2,1-2H3,(H,35,37)/b29-20-,34-22?. The summed E-state index contributed by atoms with van der Waals surface area (Å²) in [5.74, 6) is 0.874. The Morgan fingerprint density at radius 2 is 2.03 bits per heavy atom. The highest BCUT2D eigenvalue weighted by Crippen LogP contribution is 2.24. The highest BCUT2D eigenvalue weighted by Gasteiger charge is 2.21. The Hall–Kier alpha value is -1.64. The fourth-order valence-corrected chi connectivity index (χ4v) is 5.93. The van der Waals surface area contributed by atoms with Gasteiger partial charge in [-0.25, -0.2) is 4.99 Å². The molecular weight excluding hydrogens is 567 g/mol. The van der Waals surface area contributed by atoms with Crippen molar-refractivity contribution in [1.82, 2.24) is 15.5 Å². The van der Waals surface area contributed by atoms with E-state index in [1.165, 1.54) is 17.3 Å². The molecule has 0 saturated carbocycles. The summed E-state index contributed by atoms with van der Waals surface area (Å²) in [6.45, 7) is 5.99. The number of nitrogens with zero attached hydrogens (tertiary/aromatic N) is 2. The number of halogens is 2. The number of piperidine rings is 1. The largest absolute Gasteiger partial charge is 0.385 e. The van der Waals surface area contributed by atoms with Crippen LogP contribution in [0.1, 0.15) is 39.0 Å². The molecule has 0 bridgehead atoms. The van der Waals surface area contributed by atoms with E-state index in [-0.39, 0.29) is 11.9 Å². The zero-order chi connectivity index (χ0) is 27.9. The van der Waals surface area contributed by atoms with Gasteiger partial charge in [0, 0.05) is 48.8 Å². The molecule has 3 aliphatic rings. The molecule has 0 spiro atoms. The number of rotatable bonds is 13. The molecule has 39 heavy (non-hydrogen) atoms. The van der Waals surface area contributed by atoms with Crippen molar-refractivity contribution in [3.63, 3.8) is 0 Å². The van der Waals surface area contributed by atoms with Crippen LogP contribution in [0.15, 0.2) is 86.1 Å². The lowest BCUT2D eigenvalue weighted by molar-refractivity contribution is -0.119. The minimum Gasteiger partial charge on any atom is -0.385 e. The molecule has 0 radical (unpaired) electrons. The SMILES string of the molecule is CCCNC1=CCC(/C(=C/SC)N=CSCC(=O)NC2CCN(CC3=CC=C(Cl)C(CCl)=CC3)CC2)=CC=C1. The fourth-order valence-electron chi connectivity index (χ4n) is 4.47. The first-order valence-corrected chi connectivity index (χ1v) is 16.8. The molecule has 212 valence electrons. The summed E-state index contributed by atoms with van der Waals surface area (Å²) in [5.41, 5.74) is 7.38. The first-order valence-electron chi connectivity index (χ1n) is 13.5. The number of carbonyl (C=O) groups excluding carboxylic acids is 1. The average molecular weight is 608 g/mol. The number of likely N-dealkylation sites (tertiary alicyclic amines) is 1. The second kappa shape index (κ2) is 17.9. The van der Waals surface area contributed by atoms with E-state index >= 15 is 0 Å². The number of aliphatic imine (C=N–C) groups is 1. The second-order valence-electron chi connectivity index (χ2n) is 9.65. The first kappa shape index (κ1) is 31.9. The minimum atomic E-state index is 0.0662. The molecule has 0 aromatic rings. The summed E-state index contributed by atoms with van der Waals surface area (Å²) < 4.78 is 0. The van der Waals surface area contributed by atoms with Crippen molar-refractivity contribution < 1.29 is 4.79 Å². The lowest BCUT2D eigenvalue weighted by Crippen LogP contribution is -2.45. The summed E-state index contributed by atoms with van der Waals surface area (Å²) in [6.07, 6.45) is 21.4. The fraction of sp³-hybridized carbons (Fsp3) is 0.467. The van der Waals surface area contributed by atoms with E-state index in [2.05, 4.69) is 69.3 Å². The molecule has 1 heterocycles. The third-order valence-corrected chi connectivity index (χ3v) is 8.44. The van der Waals surface area contributed by atoms with E-state index in [9.17, 15) is 4.79 Å². The summed E-state index contributed by atoms with van der Waals surface area (Å²) in [5, 5.41) is 9.44. The van der Waals surface area contributed by atoms with Gasteiger partial charge in [-0.3, -0.25) is 9.69 Å². The number of amides is 1. The van der Waals surface area contributed by atoms with Gasteiger partial charge in [-0.15, -0.1) is 35.1 Å². The van der Waals surface area contributed by atoms with Gasteiger partial charge in [-0.2, -0.15) is 0 Å². The molecular formula is C30H40Cl2N4OS2. The summed E-state index contributed by atoms with van der Waals surface area (Å²) >= 11 is 15.3. The average Bonchev–Trinajstić information content (AvgIpc) is 3.28. The molecule has 5 nitrogen and oxygen atoms in total. The molecule has 3 rings (SSSR count). The summed E-state index contributed by atoms with van der Waals surface area (Å²) in [4.78, 5) is 19.7. The highest BCUT2D eigenvalue weighted by atomic mass is 35.5. The van der Waals surface area contributed by atoms with Crippen LogP contribution < -0.4 is 10.6 Å². The predicted molar refractivity (Wildman–Crippen MR) is 174 cm³/mol. The topological polar surface area (TPSA) is 56.7 Å². The lowest BCUT2D eigenvalue weighted by Gasteiger charge is -2.32. The molecule has 0 unspecified atom stereocenters. The van der Waals surface area contributed by atoms with Crippen molar-refractivity contribution >= 4 is 58.2 Å². The highest BCUT2D eigenvalue weighted by molar-refractivity contribution is 8.12. The van der Waals surface area contributed by atoms with Crippen LogP contribution in [0.2, 0.25) is 0 Å². The Bertz CT molecular complexity index is 1080. The van der Waals surface area contributed by atoms with Crippen molar-refractivity contribution in [3.05, 3.63) is 81.1 Å². The van der Waals surface area contributed by atoms with Gasteiger partial charge in [0.2, 0.25) is 5.91 Å².